The molecule has 1 saturated heterocycles. The van der Waals surface area contributed by atoms with Crippen LogP contribution in [0.15, 0.2) is 28.1 Å². The number of benzene rings is 1. The predicted octanol–water partition coefficient (Wildman–Crippen LogP) is 2.18. The number of aliphatic imine (C=N–C) groups is 1. The summed E-state index contributed by atoms with van der Waals surface area (Å²) in [5.74, 6) is 0.420. The van der Waals surface area contributed by atoms with Crippen molar-refractivity contribution in [1.29, 1.82) is 0 Å². The van der Waals surface area contributed by atoms with E-state index in [1.54, 1.807) is 0 Å². The number of hydrogen-bond donors (Lipinski definition) is 1. The second kappa shape index (κ2) is 6.79. The summed E-state index contributed by atoms with van der Waals surface area (Å²) in [5, 5.41) is 0.724. The summed E-state index contributed by atoms with van der Waals surface area (Å²) < 4.78 is 5.72. The van der Waals surface area contributed by atoms with Gasteiger partial charge in [0, 0.05) is 25.4 Å². The first-order valence-electron chi connectivity index (χ1n) is 8.86. The lowest BCUT2D eigenvalue weighted by Crippen LogP contribution is -2.40. The van der Waals surface area contributed by atoms with Gasteiger partial charge in [0.25, 0.3) is 5.91 Å². The summed E-state index contributed by atoms with van der Waals surface area (Å²) in [7, 11) is 0. The Bertz CT molecular complexity index is 825. The molecule has 136 valence electrons. The molecule has 4 rings (SSSR count). The van der Waals surface area contributed by atoms with E-state index in [0.29, 0.717) is 30.8 Å². The van der Waals surface area contributed by atoms with Crippen molar-refractivity contribution in [1.82, 2.24) is 4.90 Å². The van der Waals surface area contributed by atoms with Crippen LogP contribution in [0.25, 0.3) is 6.08 Å². The second-order valence-corrected chi connectivity index (χ2v) is 7.98. The maximum absolute atomic E-state index is 12.3. The van der Waals surface area contributed by atoms with E-state index >= 15 is 0 Å². The molecule has 0 saturated carbocycles. The van der Waals surface area contributed by atoms with Gasteiger partial charge in [0.05, 0.1) is 4.91 Å². The van der Waals surface area contributed by atoms with Crippen LogP contribution in [0, 0.1) is 5.92 Å². The fraction of sp³-hybridized carbons (Fsp3) is 0.421. The lowest BCUT2D eigenvalue weighted by Gasteiger charge is -2.31. The molecule has 3 heterocycles. The van der Waals surface area contributed by atoms with Crippen LogP contribution in [0.2, 0.25) is 0 Å². The van der Waals surface area contributed by atoms with E-state index in [9.17, 15) is 9.59 Å². The molecule has 6 nitrogen and oxygen atoms in total. The Morgan fingerprint density at radius 2 is 2.15 bits per heavy atom. The molecule has 26 heavy (non-hydrogen) atoms. The Balaban J connectivity index is 1.44. The van der Waals surface area contributed by atoms with Gasteiger partial charge >= 0.3 is 0 Å². The summed E-state index contributed by atoms with van der Waals surface area (Å²) >= 11 is 1.40. The Hall–Kier alpha value is -2.28. The predicted molar refractivity (Wildman–Crippen MR) is 102 cm³/mol. The van der Waals surface area contributed by atoms with E-state index in [4.69, 9.17) is 10.5 Å². The number of nitrogens with zero attached hydrogens (tertiary/aromatic N) is 2. The average molecular weight is 371 g/mol. The third-order valence-electron chi connectivity index (χ3n) is 4.99. The summed E-state index contributed by atoms with van der Waals surface area (Å²) in [6.45, 7) is 3.46. The molecule has 2 amide bonds. The van der Waals surface area contributed by atoms with Crippen LogP contribution < -0.4 is 10.5 Å². The number of amides is 2. The Kier molecular flexibility index (Phi) is 4.48. The maximum Gasteiger partial charge on any atom is 0.286 e. The Labute approximate surface area is 156 Å². The molecular weight excluding hydrogens is 350 g/mol. The molecule has 1 aromatic rings. The van der Waals surface area contributed by atoms with Crippen LogP contribution in [0.1, 0.15) is 30.9 Å². The van der Waals surface area contributed by atoms with Gasteiger partial charge in [-0.05, 0) is 60.9 Å². The molecule has 1 aromatic carbocycles. The lowest BCUT2D eigenvalue weighted by molar-refractivity contribution is -0.123. The average Bonchev–Trinajstić information content (AvgIpc) is 3.16. The molecule has 1 atom stereocenters. The number of likely N-dealkylation sites (tertiary alicyclic amines) is 1. The smallest absolute Gasteiger partial charge is 0.286 e. The van der Waals surface area contributed by atoms with Crippen LogP contribution in [0.3, 0.4) is 0 Å². The third kappa shape index (κ3) is 3.35. The van der Waals surface area contributed by atoms with Gasteiger partial charge in [-0.15, -0.1) is 0 Å². The Morgan fingerprint density at radius 3 is 2.88 bits per heavy atom. The minimum absolute atomic E-state index is 0.0695. The first-order chi connectivity index (χ1) is 12.5. The van der Waals surface area contributed by atoms with Gasteiger partial charge in [-0.3, -0.25) is 9.59 Å². The summed E-state index contributed by atoms with van der Waals surface area (Å²) in [5.41, 5.74) is 7.54. The number of nitrogens with two attached hydrogens (primary N) is 1. The van der Waals surface area contributed by atoms with Crippen molar-refractivity contribution >= 4 is 34.8 Å². The molecule has 0 unspecified atom stereocenters. The molecule has 2 N–H and O–H groups in total. The van der Waals surface area contributed by atoms with Gasteiger partial charge < -0.3 is 15.4 Å². The van der Waals surface area contributed by atoms with Gasteiger partial charge in [0.2, 0.25) is 5.91 Å². The van der Waals surface area contributed by atoms with E-state index in [1.807, 2.05) is 18.2 Å². The SMILES string of the molecule is C[C@@H]1Cc2cc(/C=C3\SC(N4CCC(C(N)=O)CC4)=NC3=O)ccc2O1. The first kappa shape index (κ1) is 17.1. The van der Waals surface area contributed by atoms with E-state index < -0.39 is 0 Å². The van der Waals surface area contributed by atoms with Crippen molar-refractivity contribution in [3.63, 3.8) is 0 Å². The molecule has 0 bridgehead atoms. The highest BCUT2D eigenvalue weighted by Crippen LogP contribution is 2.34. The molecule has 0 aliphatic carbocycles. The fourth-order valence-corrected chi connectivity index (χ4v) is 4.54. The number of rotatable bonds is 2. The maximum atomic E-state index is 12.3. The lowest BCUT2D eigenvalue weighted by atomic mass is 9.97. The van der Waals surface area contributed by atoms with Gasteiger partial charge in [-0.2, -0.15) is 4.99 Å². The molecule has 3 aliphatic rings. The summed E-state index contributed by atoms with van der Waals surface area (Å²) in [6, 6.07) is 6.01. The molecule has 0 spiro atoms. The van der Waals surface area contributed by atoms with Crippen LogP contribution >= 0.6 is 11.8 Å². The molecule has 0 radical (unpaired) electrons. The van der Waals surface area contributed by atoms with Crippen LogP contribution in [0.4, 0.5) is 0 Å². The fourth-order valence-electron chi connectivity index (χ4n) is 3.57. The molecule has 1 fully saturated rings. The highest BCUT2D eigenvalue weighted by molar-refractivity contribution is 8.18. The number of fused-ring (bicyclic) bond motifs is 1. The Morgan fingerprint density at radius 1 is 1.38 bits per heavy atom. The highest BCUT2D eigenvalue weighted by Gasteiger charge is 2.30. The van der Waals surface area contributed by atoms with Crippen molar-refractivity contribution < 1.29 is 14.3 Å². The van der Waals surface area contributed by atoms with Crippen molar-refractivity contribution in [3.8, 4) is 5.75 Å². The van der Waals surface area contributed by atoms with Crippen molar-refractivity contribution in [3.05, 3.63) is 34.2 Å². The topological polar surface area (TPSA) is 85.0 Å². The van der Waals surface area contributed by atoms with Gasteiger partial charge in [-0.1, -0.05) is 6.07 Å². The van der Waals surface area contributed by atoms with Crippen LogP contribution in [0.5, 0.6) is 5.75 Å². The molecule has 3 aliphatic heterocycles. The number of carbonyl (C=O) groups excluding carboxylic acids is 2. The summed E-state index contributed by atoms with van der Waals surface area (Å²) in [6.07, 6.45) is 4.41. The van der Waals surface area contributed by atoms with Gasteiger partial charge in [0.1, 0.15) is 11.9 Å². The van der Waals surface area contributed by atoms with Gasteiger partial charge in [0.15, 0.2) is 5.17 Å². The summed E-state index contributed by atoms with van der Waals surface area (Å²) in [4.78, 5) is 30.5. The van der Waals surface area contributed by atoms with E-state index in [0.717, 1.165) is 22.9 Å². The van der Waals surface area contributed by atoms with Crippen LogP contribution in [-0.2, 0) is 16.0 Å². The quantitative estimate of drug-likeness (QED) is 0.806. The highest BCUT2D eigenvalue weighted by atomic mass is 32.2. The van der Waals surface area contributed by atoms with E-state index in [2.05, 4.69) is 22.9 Å². The first-order valence-corrected chi connectivity index (χ1v) is 9.67. The zero-order valence-corrected chi connectivity index (χ0v) is 15.4. The second-order valence-electron chi connectivity index (χ2n) is 6.97. The zero-order chi connectivity index (χ0) is 18.3. The number of amidine groups is 1. The number of piperidine rings is 1. The van der Waals surface area contributed by atoms with E-state index in [-0.39, 0.29) is 23.8 Å². The van der Waals surface area contributed by atoms with Crippen molar-refractivity contribution in [2.24, 2.45) is 16.6 Å². The molecule has 7 heteroatoms. The van der Waals surface area contributed by atoms with E-state index in [1.165, 1.54) is 17.3 Å². The third-order valence-corrected chi connectivity index (χ3v) is 6.04. The normalized spacial score (nSPS) is 24.6. The van der Waals surface area contributed by atoms with Crippen LogP contribution in [-0.4, -0.2) is 41.1 Å². The monoisotopic (exact) mass is 371 g/mol. The zero-order valence-electron chi connectivity index (χ0n) is 14.6. The number of carbonyl (C=O) groups is 2. The minimum atomic E-state index is -0.239. The standard InChI is InChI=1S/C19H21N3O3S/c1-11-8-14-9-12(2-3-15(14)25-11)10-16-18(24)21-19(26-16)22-6-4-13(5-7-22)17(20)23/h2-3,9-11,13H,4-8H2,1H3,(H2,20,23)/b16-10-/t11-/m1/s1. The van der Waals surface area contributed by atoms with Crippen molar-refractivity contribution in [2.45, 2.75) is 32.3 Å². The largest absolute Gasteiger partial charge is 0.490 e. The number of thioether (sulfide) groups is 1. The van der Waals surface area contributed by atoms with Gasteiger partial charge in [-0.25, -0.2) is 0 Å². The molecular formula is C19H21N3O3S. The van der Waals surface area contributed by atoms with Crippen molar-refractivity contribution in [2.75, 3.05) is 13.1 Å². The minimum Gasteiger partial charge on any atom is -0.490 e. The number of hydrogen-bond acceptors (Lipinski definition) is 5. The molecule has 0 aromatic heterocycles. The number of primary amides is 1. The number of ether oxygens (including phenoxy) is 1.